The lowest BCUT2D eigenvalue weighted by molar-refractivity contribution is 0.445. The largest absolute Gasteiger partial charge is 0.353 e. The van der Waals surface area contributed by atoms with E-state index in [1.807, 2.05) is 12.4 Å². The average Bonchev–Trinajstić information content (AvgIpc) is 3.39. The zero-order chi connectivity index (χ0) is 24.7. The number of nitrogens with one attached hydrogen (secondary N) is 2. The van der Waals surface area contributed by atoms with Crippen LogP contribution in [0.4, 0.5) is 5.82 Å². The minimum Gasteiger partial charge on any atom is -0.353 e. The van der Waals surface area contributed by atoms with Gasteiger partial charge in [-0.2, -0.15) is 0 Å². The van der Waals surface area contributed by atoms with Crippen molar-refractivity contribution in [3.05, 3.63) is 42.0 Å². The fourth-order valence-corrected chi connectivity index (χ4v) is 5.81. The number of aromatic nitrogens is 5. The van der Waals surface area contributed by atoms with Gasteiger partial charge in [-0.15, -0.1) is 0 Å². The van der Waals surface area contributed by atoms with Crippen molar-refractivity contribution in [1.82, 2.24) is 30.2 Å². The van der Waals surface area contributed by atoms with Crippen molar-refractivity contribution < 1.29 is 0 Å². The van der Waals surface area contributed by atoms with Crippen molar-refractivity contribution in [3.8, 4) is 11.4 Å². The molecule has 5 heterocycles. The third-order valence-corrected chi connectivity index (χ3v) is 8.46. The van der Waals surface area contributed by atoms with Gasteiger partial charge in [-0.25, -0.2) is 15.0 Å². The first kappa shape index (κ1) is 23.3. The minimum atomic E-state index is 0.0486. The smallest absolute Gasteiger partial charge is 0.163 e. The first-order valence-corrected chi connectivity index (χ1v) is 13.6. The highest BCUT2D eigenvalue weighted by atomic mass is 15.2. The Kier molecular flexibility index (Phi) is 6.12. The maximum absolute atomic E-state index is 5.31. The van der Waals surface area contributed by atoms with Crippen LogP contribution < -0.4 is 10.2 Å². The summed E-state index contributed by atoms with van der Waals surface area (Å²) < 4.78 is 0. The minimum absolute atomic E-state index is 0.0486. The van der Waals surface area contributed by atoms with Gasteiger partial charge in [-0.1, -0.05) is 40.0 Å². The molecule has 4 aromatic heterocycles. The summed E-state index contributed by atoms with van der Waals surface area (Å²) in [5, 5.41) is 5.78. The van der Waals surface area contributed by atoms with Gasteiger partial charge in [0.2, 0.25) is 0 Å². The second-order valence-electron chi connectivity index (χ2n) is 11.1. The Morgan fingerprint density at radius 2 is 1.86 bits per heavy atom. The SMILES string of the molecule is CCC(C)(C)c1cc2c(-c3nc(N4CCNCC4)c4c(C5CCCCC5)cncc4n3)ccnc2[nH]1. The molecule has 1 aliphatic heterocycles. The molecule has 0 aromatic carbocycles. The van der Waals surface area contributed by atoms with Crippen LogP contribution in [0.1, 0.15) is 76.5 Å². The lowest BCUT2D eigenvalue weighted by Crippen LogP contribution is -2.44. The molecule has 0 unspecified atom stereocenters. The molecule has 188 valence electrons. The van der Waals surface area contributed by atoms with E-state index in [1.165, 1.54) is 48.7 Å². The Hall–Kier alpha value is -3.06. The number of anilines is 1. The molecule has 36 heavy (non-hydrogen) atoms. The normalized spacial score (nSPS) is 17.8. The Morgan fingerprint density at radius 3 is 2.64 bits per heavy atom. The summed E-state index contributed by atoms with van der Waals surface area (Å²) >= 11 is 0. The van der Waals surface area contributed by atoms with Gasteiger partial charge in [0, 0.05) is 66.0 Å². The van der Waals surface area contributed by atoms with Crippen molar-refractivity contribution >= 4 is 27.8 Å². The predicted molar refractivity (Wildman–Crippen MR) is 147 cm³/mol. The summed E-state index contributed by atoms with van der Waals surface area (Å²) in [4.78, 5) is 25.8. The van der Waals surface area contributed by atoms with E-state index in [-0.39, 0.29) is 5.41 Å². The highest BCUT2D eigenvalue weighted by Crippen LogP contribution is 2.40. The Balaban J connectivity index is 1.55. The van der Waals surface area contributed by atoms with E-state index < -0.39 is 0 Å². The molecule has 7 heteroatoms. The molecule has 0 radical (unpaired) electrons. The zero-order valence-corrected chi connectivity index (χ0v) is 21.8. The lowest BCUT2D eigenvalue weighted by atomic mass is 9.83. The van der Waals surface area contributed by atoms with Gasteiger partial charge in [0.05, 0.1) is 11.7 Å². The Morgan fingerprint density at radius 1 is 1.06 bits per heavy atom. The molecule has 2 fully saturated rings. The summed E-state index contributed by atoms with van der Waals surface area (Å²) in [5.74, 6) is 2.36. The molecular formula is C29H37N7. The monoisotopic (exact) mass is 483 g/mol. The van der Waals surface area contributed by atoms with Crippen LogP contribution in [-0.4, -0.2) is 51.1 Å². The van der Waals surface area contributed by atoms with Crippen LogP contribution in [0.15, 0.2) is 30.7 Å². The van der Waals surface area contributed by atoms with Gasteiger partial charge in [-0.3, -0.25) is 4.98 Å². The van der Waals surface area contributed by atoms with E-state index in [4.69, 9.17) is 9.97 Å². The number of hydrogen-bond donors (Lipinski definition) is 2. The number of hydrogen-bond acceptors (Lipinski definition) is 6. The average molecular weight is 484 g/mol. The van der Waals surface area contributed by atoms with Crippen molar-refractivity contribution in [1.29, 1.82) is 0 Å². The molecule has 7 nitrogen and oxygen atoms in total. The van der Waals surface area contributed by atoms with E-state index in [1.54, 1.807) is 0 Å². The van der Waals surface area contributed by atoms with Crippen LogP contribution >= 0.6 is 0 Å². The summed E-state index contributed by atoms with van der Waals surface area (Å²) in [5.41, 5.74) is 5.45. The van der Waals surface area contributed by atoms with Crippen LogP contribution in [-0.2, 0) is 5.41 Å². The molecule has 4 aromatic rings. The van der Waals surface area contributed by atoms with Crippen LogP contribution in [0, 0.1) is 0 Å². The van der Waals surface area contributed by atoms with E-state index in [2.05, 4.69) is 64.3 Å². The highest BCUT2D eigenvalue weighted by molar-refractivity contribution is 5.97. The maximum atomic E-state index is 5.31. The van der Waals surface area contributed by atoms with Crippen LogP contribution in [0.5, 0.6) is 0 Å². The predicted octanol–water partition coefficient (Wildman–Crippen LogP) is 5.71. The van der Waals surface area contributed by atoms with Crippen molar-refractivity contribution in [2.24, 2.45) is 0 Å². The molecule has 0 spiro atoms. The van der Waals surface area contributed by atoms with Crippen LogP contribution in [0.2, 0.25) is 0 Å². The quantitative estimate of drug-likeness (QED) is 0.378. The zero-order valence-electron chi connectivity index (χ0n) is 21.8. The van der Waals surface area contributed by atoms with Gasteiger partial charge in [-0.05, 0) is 42.9 Å². The van der Waals surface area contributed by atoms with E-state index in [9.17, 15) is 0 Å². The van der Waals surface area contributed by atoms with Crippen LogP contribution in [0.3, 0.4) is 0 Å². The first-order valence-electron chi connectivity index (χ1n) is 13.6. The molecule has 1 aliphatic carbocycles. The summed E-state index contributed by atoms with van der Waals surface area (Å²) in [6.07, 6.45) is 13.3. The number of aromatic amines is 1. The maximum Gasteiger partial charge on any atom is 0.163 e. The third kappa shape index (κ3) is 4.13. The van der Waals surface area contributed by atoms with Crippen molar-refractivity contribution in [2.75, 3.05) is 31.1 Å². The van der Waals surface area contributed by atoms with Gasteiger partial charge in [0.15, 0.2) is 5.82 Å². The number of H-pyrrole nitrogens is 1. The van der Waals surface area contributed by atoms with Gasteiger partial charge < -0.3 is 15.2 Å². The van der Waals surface area contributed by atoms with Crippen LogP contribution in [0.25, 0.3) is 33.3 Å². The second-order valence-corrected chi connectivity index (χ2v) is 11.1. The Bertz CT molecular complexity index is 1380. The van der Waals surface area contributed by atoms with Gasteiger partial charge in [0.25, 0.3) is 0 Å². The molecule has 2 aliphatic rings. The Labute approximate surface area is 213 Å². The number of fused-ring (bicyclic) bond motifs is 2. The first-order chi connectivity index (χ1) is 17.5. The number of nitrogens with zero attached hydrogens (tertiary/aromatic N) is 5. The summed E-state index contributed by atoms with van der Waals surface area (Å²) in [6, 6.07) is 4.30. The molecule has 1 saturated heterocycles. The standard InChI is InChI=1S/C29H37N7/c1-4-29(2,3)24-16-21-20(10-11-32-26(21)34-24)27-33-23-18-31-17-22(19-8-6-5-7-9-19)25(23)28(35-27)36-14-12-30-13-15-36/h10-11,16-19,30H,4-9,12-15H2,1-3H3,(H,32,34). The number of rotatable bonds is 5. The number of pyridine rings is 2. The molecular weight excluding hydrogens is 446 g/mol. The summed E-state index contributed by atoms with van der Waals surface area (Å²) in [7, 11) is 0. The topological polar surface area (TPSA) is 82.6 Å². The van der Waals surface area contributed by atoms with Gasteiger partial charge in [0.1, 0.15) is 11.5 Å². The lowest BCUT2D eigenvalue weighted by Gasteiger charge is -2.31. The number of piperazine rings is 1. The van der Waals surface area contributed by atoms with Crippen molar-refractivity contribution in [2.45, 2.75) is 70.6 Å². The molecule has 1 saturated carbocycles. The van der Waals surface area contributed by atoms with E-state index >= 15 is 0 Å². The molecule has 6 rings (SSSR count). The fraction of sp³-hybridized carbons (Fsp3) is 0.517. The van der Waals surface area contributed by atoms with Crippen molar-refractivity contribution in [3.63, 3.8) is 0 Å². The fourth-order valence-electron chi connectivity index (χ4n) is 5.81. The molecule has 0 amide bonds. The third-order valence-electron chi connectivity index (χ3n) is 8.46. The summed E-state index contributed by atoms with van der Waals surface area (Å²) in [6.45, 7) is 10.6. The van der Waals surface area contributed by atoms with Gasteiger partial charge >= 0.3 is 0 Å². The van der Waals surface area contributed by atoms with E-state index in [0.29, 0.717) is 5.92 Å². The highest BCUT2D eigenvalue weighted by Gasteiger charge is 2.26. The molecule has 0 atom stereocenters. The second kappa shape index (κ2) is 9.43. The van der Waals surface area contributed by atoms with E-state index in [0.717, 1.165) is 66.4 Å². The molecule has 2 N–H and O–H groups in total. The molecule has 0 bridgehead atoms.